The Hall–Kier alpha value is -1.85. The standard InChI is InChI=1S/C8H9N3O3/c1-10-4-6(8(13)14)11-5(7(10)12)2-3-9-11/h2-3,6H,4H2,1H3,(H,13,14). The van der Waals surface area contributed by atoms with E-state index in [9.17, 15) is 9.59 Å². The molecule has 0 saturated carbocycles. The number of carboxylic acids is 1. The fourth-order valence-electron chi connectivity index (χ4n) is 1.53. The lowest BCUT2D eigenvalue weighted by Gasteiger charge is -2.28. The quantitative estimate of drug-likeness (QED) is 0.661. The van der Waals surface area contributed by atoms with Crippen LogP contribution in [0.1, 0.15) is 16.5 Å². The van der Waals surface area contributed by atoms with E-state index in [1.165, 1.54) is 21.8 Å². The van der Waals surface area contributed by atoms with Crippen LogP contribution in [0.3, 0.4) is 0 Å². The van der Waals surface area contributed by atoms with Gasteiger partial charge in [-0.25, -0.2) is 9.48 Å². The minimum Gasteiger partial charge on any atom is -0.480 e. The average Bonchev–Trinajstić information content (AvgIpc) is 2.59. The van der Waals surface area contributed by atoms with E-state index in [1.54, 1.807) is 7.05 Å². The highest BCUT2D eigenvalue weighted by Gasteiger charge is 2.33. The summed E-state index contributed by atoms with van der Waals surface area (Å²) in [5.41, 5.74) is 0.325. The molecule has 1 aromatic rings. The number of amides is 1. The molecule has 1 aliphatic rings. The summed E-state index contributed by atoms with van der Waals surface area (Å²) in [5, 5.41) is 12.7. The molecule has 0 fully saturated rings. The fraction of sp³-hybridized carbons (Fsp3) is 0.375. The van der Waals surface area contributed by atoms with E-state index < -0.39 is 12.0 Å². The van der Waals surface area contributed by atoms with Gasteiger partial charge in [0.1, 0.15) is 5.69 Å². The van der Waals surface area contributed by atoms with Gasteiger partial charge in [-0.05, 0) is 6.07 Å². The maximum absolute atomic E-state index is 11.5. The van der Waals surface area contributed by atoms with Crippen molar-refractivity contribution in [3.63, 3.8) is 0 Å². The van der Waals surface area contributed by atoms with Gasteiger partial charge in [0.05, 0.1) is 6.54 Å². The third-order valence-electron chi connectivity index (χ3n) is 2.26. The molecule has 1 aliphatic heterocycles. The molecule has 1 N–H and O–H groups in total. The van der Waals surface area contributed by atoms with Crippen molar-refractivity contribution < 1.29 is 14.7 Å². The van der Waals surface area contributed by atoms with Crippen LogP contribution in [0.4, 0.5) is 0 Å². The number of nitrogens with zero attached hydrogens (tertiary/aromatic N) is 3. The maximum atomic E-state index is 11.5. The fourth-order valence-corrected chi connectivity index (χ4v) is 1.53. The van der Waals surface area contributed by atoms with Gasteiger partial charge in [-0.3, -0.25) is 4.79 Å². The largest absolute Gasteiger partial charge is 0.480 e. The van der Waals surface area contributed by atoms with Crippen molar-refractivity contribution >= 4 is 11.9 Å². The Bertz CT molecular complexity index is 398. The molecule has 1 amide bonds. The second-order valence-electron chi connectivity index (χ2n) is 3.20. The predicted molar refractivity (Wildman–Crippen MR) is 45.9 cm³/mol. The molecule has 2 rings (SSSR count). The van der Waals surface area contributed by atoms with E-state index in [-0.39, 0.29) is 12.5 Å². The molecule has 1 aromatic heterocycles. The lowest BCUT2D eigenvalue weighted by Crippen LogP contribution is -2.43. The van der Waals surface area contributed by atoms with Crippen LogP contribution < -0.4 is 0 Å². The predicted octanol–water partition coefficient (Wildman–Crippen LogP) is -0.406. The van der Waals surface area contributed by atoms with Gasteiger partial charge in [-0.15, -0.1) is 0 Å². The number of likely N-dealkylation sites (N-methyl/N-ethyl adjacent to an activating group) is 1. The first-order chi connectivity index (χ1) is 6.61. The number of carbonyl (C=O) groups excluding carboxylic acids is 1. The molecule has 74 valence electrons. The Morgan fingerprint density at radius 1 is 1.71 bits per heavy atom. The number of carbonyl (C=O) groups is 2. The lowest BCUT2D eigenvalue weighted by molar-refractivity contribution is -0.141. The Balaban J connectivity index is 2.49. The number of hydrogen-bond donors (Lipinski definition) is 1. The summed E-state index contributed by atoms with van der Waals surface area (Å²) in [5.74, 6) is -1.17. The van der Waals surface area contributed by atoms with E-state index >= 15 is 0 Å². The zero-order valence-electron chi connectivity index (χ0n) is 7.54. The topological polar surface area (TPSA) is 75.4 Å². The van der Waals surface area contributed by atoms with Gasteiger partial charge < -0.3 is 10.0 Å². The van der Waals surface area contributed by atoms with Gasteiger partial charge >= 0.3 is 5.97 Å². The summed E-state index contributed by atoms with van der Waals surface area (Å²) in [6, 6.07) is 0.746. The number of hydrogen-bond acceptors (Lipinski definition) is 3. The van der Waals surface area contributed by atoms with Crippen molar-refractivity contribution in [1.82, 2.24) is 14.7 Å². The van der Waals surface area contributed by atoms with Crippen molar-refractivity contribution in [2.24, 2.45) is 0 Å². The van der Waals surface area contributed by atoms with Crippen LogP contribution in [-0.2, 0) is 4.79 Å². The summed E-state index contributed by atoms with van der Waals surface area (Å²) < 4.78 is 1.25. The van der Waals surface area contributed by atoms with Crippen LogP contribution in [-0.4, -0.2) is 45.3 Å². The molecule has 0 saturated heterocycles. The van der Waals surface area contributed by atoms with Crippen LogP contribution >= 0.6 is 0 Å². The molecular weight excluding hydrogens is 186 g/mol. The Kier molecular flexibility index (Phi) is 1.77. The monoisotopic (exact) mass is 195 g/mol. The van der Waals surface area contributed by atoms with Gasteiger partial charge in [0, 0.05) is 13.2 Å². The molecule has 0 aromatic carbocycles. The minimum atomic E-state index is -0.978. The van der Waals surface area contributed by atoms with E-state index in [0.29, 0.717) is 5.69 Å². The number of rotatable bonds is 1. The van der Waals surface area contributed by atoms with Gasteiger partial charge in [0.2, 0.25) is 0 Å². The second kappa shape index (κ2) is 2.83. The summed E-state index contributed by atoms with van der Waals surface area (Å²) >= 11 is 0. The molecular formula is C8H9N3O3. The Morgan fingerprint density at radius 2 is 2.43 bits per heavy atom. The first-order valence-electron chi connectivity index (χ1n) is 4.13. The average molecular weight is 195 g/mol. The third-order valence-corrected chi connectivity index (χ3v) is 2.26. The van der Waals surface area contributed by atoms with Crippen molar-refractivity contribution in [1.29, 1.82) is 0 Å². The molecule has 6 heteroatoms. The third kappa shape index (κ3) is 1.07. The molecule has 0 radical (unpaired) electrons. The van der Waals surface area contributed by atoms with E-state index in [4.69, 9.17) is 5.11 Å². The minimum absolute atomic E-state index is 0.156. The van der Waals surface area contributed by atoms with E-state index in [0.717, 1.165) is 0 Å². The first-order valence-corrected chi connectivity index (χ1v) is 4.13. The molecule has 6 nitrogen and oxygen atoms in total. The van der Waals surface area contributed by atoms with Crippen molar-refractivity contribution in [3.05, 3.63) is 18.0 Å². The zero-order chi connectivity index (χ0) is 10.3. The molecule has 0 aliphatic carbocycles. The molecule has 1 atom stereocenters. The number of fused-ring (bicyclic) bond motifs is 1. The zero-order valence-corrected chi connectivity index (χ0v) is 7.54. The van der Waals surface area contributed by atoms with Crippen molar-refractivity contribution in [2.75, 3.05) is 13.6 Å². The lowest BCUT2D eigenvalue weighted by atomic mass is 10.2. The second-order valence-corrected chi connectivity index (χ2v) is 3.20. The number of aliphatic carboxylic acids is 1. The molecule has 2 heterocycles. The molecule has 0 spiro atoms. The normalized spacial score (nSPS) is 20.8. The summed E-state index contributed by atoms with van der Waals surface area (Å²) in [6.45, 7) is 0.156. The molecule has 14 heavy (non-hydrogen) atoms. The maximum Gasteiger partial charge on any atom is 0.330 e. The Morgan fingerprint density at radius 3 is 3.07 bits per heavy atom. The van der Waals surface area contributed by atoms with Gasteiger partial charge in [-0.1, -0.05) is 0 Å². The first kappa shape index (κ1) is 8.74. The van der Waals surface area contributed by atoms with Gasteiger partial charge in [0.25, 0.3) is 5.91 Å². The van der Waals surface area contributed by atoms with Crippen molar-refractivity contribution in [3.8, 4) is 0 Å². The molecule has 0 bridgehead atoms. The summed E-state index contributed by atoms with van der Waals surface area (Å²) in [7, 11) is 1.58. The molecule has 1 unspecified atom stereocenters. The number of carboxylic acid groups (broad SMARTS) is 1. The van der Waals surface area contributed by atoms with Gasteiger partial charge in [-0.2, -0.15) is 5.10 Å². The highest BCUT2D eigenvalue weighted by Crippen LogP contribution is 2.18. The van der Waals surface area contributed by atoms with Crippen LogP contribution in [0.15, 0.2) is 12.3 Å². The van der Waals surface area contributed by atoms with E-state index in [2.05, 4.69) is 5.10 Å². The highest BCUT2D eigenvalue weighted by atomic mass is 16.4. The summed E-state index contributed by atoms with van der Waals surface area (Å²) in [4.78, 5) is 23.8. The smallest absolute Gasteiger partial charge is 0.330 e. The van der Waals surface area contributed by atoms with Crippen LogP contribution in [0.5, 0.6) is 0 Å². The van der Waals surface area contributed by atoms with Crippen LogP contribution in [0, 0.1) is 0 Å². The van der Waals surface area contributed by atoms with E-state index in [1.807, 2.05) is 0 Å². The SMILES string of the molecule is CN1CC(C(=O)O)n2nccc2C1=O. The van der Waals surface area contributed by atoms with Crippen LogP contribution in [0.25, 0.3) is 0 Å². The Labute approximate surface area is 79.7 Å². The summed E-state index contributed by atoms with van der Waals surface area (Å²) in [6.07, 6.45) is 1.43. The van der Waals surface area contributed by atoms with Crippen molar-refractivity contribution in [2.45, 2.75) is 6.04 Å². The van der Waals surface area contributed by atoms with Gasteiger partial charge in [0.15, 0.2) is 6.04 Å². The highest BCUT2D eigenvalue weighted by molar-refractivity contribution is 5.94. The number of aromatic nitrogens is 2. The van der Waals surface area contributed by atoms with Crippen LogP contribution in [0.2, 0.25) is 0 Å².